The van der Waals surface area contributed by atoms with Crippen molar-refractivity contribution in [3.63, 3.8) is 0 Å². The molecule has 320 valence electrons. The van der Waals surface area contributed by atoms with E-state index in [1.807, 2.05) is 0 Å². The molecule has 0 aliphatic carbocycles. The number of ether oxygens (including phenoxy) is 3. The van der Waals surface area contributed by atoms with Gasteiger partial charge in [0.25, 0.3) is 0 Å². The molecule has 0 aliphatic rings. The zero-order chi connectivity index (χ0) is 39.7. The number of hydrogen-bond donors (Lipinski definition) is 1. The summed E-state index contributed by atoms with van der Waals surface area (Å²) >= 11 is 0. The minimum Gasteiger partial charge on any atom is -0.465 e. The smallest absolute Gasteiger partial charge is 0.306 e. The Morgan fingerprint density at radius 3 is 0.963 bits per heavy atom. The molecule has 0 saturated carbocycles. The fourth-order valence-corrected chi connectivity index (χ4v) is 7.19. The van der Waals surface area contributed by atoms with Crippen LogP contribution in [0.3, 0.4) is 0 Å². The molecule has 0 atom stereocenters. The lowest BCUT2D eigenvalue weighted by molar-refractivity contribution is -0.150. The molecule has 0 unspecified atom stereocenters. The van der Waals surface area contributed by atoms with E-state index >= 15 is 0 Å². The fourth-order valence-electron chi connectivity index (χ4n) is 7.19. The second-order valence-electron chi connectivity index (χ2n) is 16.3. The minimum absolute atomic E-state index is 0.0196. The van der Waals surface area contributed by atoms with E-state index in [2.05, 4.69) is 27.7 Å². The van der Waals surface area contributed by atoms with Crippen LogP contribution in [-0.2, 0) is 28.6 Å². The molecule has 0 fully saturated rings. The van der Waals surface area contributed by atoms with Gasteiger partial charge in [-0.3, -0.25) is 14.4 Å². The molecule has 0 aromatic heterocycles. The molecule has 0 aromatic rings. The first kappa shape index (κ1) is 52.4. The van der Waals surface area contributed by atoms with Crippen LogP contribution in [0.1, 0.15) is 246 Å². The largest absolute Gasteiger partial charge is 0.465 e. The van der Waals surface area contributed by atoms with Crippen LogP contribution in [0.25, 0.3) is 0 Å². The van der Waals surface area contributed by atoms with E-state index in [0.717, 1.165) is 77.0 Å². The van der Waals surface area contributed by atoms with Gasteiger partial charge in [-0.15, -0.1) is 0 Å². The quantitative estimate of drug-likeness (QED) is 0.0375. The number of rotatable bonds is 42. The number of nitrogens with two attached hydrogens (primary N) is 1. The highest BCUT2D eigenvalue weighted by Gasteiger charge is 2.14. The van der Waals surface area contributed by atoms with Gasteiger partial charge in [0.15, 0.2) is 0 Å². The Labute approximate surface area is 335 Å². The maximum absolute atomic E-state index is 12.3. The van der Waals surface area contributed by atoms with E-state index in [9.17, 15) is 14.4 Å². The summed E-state index contributed by atoms with van der Waals surface area (Å²) in [7, 11) is 0. The molecule has 0 radical (unpaired) electrons. The van der Waals surface area contributed by atoms with Crippen LogP contribution >= 0.6 is 0 Å². The molecule has 0 bridgehead atoms. The molecule has 7 nitrogen and oxygen atoms in total. The minimum atomic E-state index is -0.0736. The molecule has 0 rings (SSSR count). The molecular formula is C47H91NO6. The highest BCUT2D eigenvalue weighted by atomic mass is 16.5. The maximum atomic E-state index is 12.3. The van der Waals surface area contributed by atoms with Crippen molar-refractivity contribution in [1.82, 2.24) is 0 Å². The molecule has 0 aliphatic heterocycles. The van der Waals surface area contributed by atoms with Gasteiger partial charge in [-0.2, -0.15) is 0 Å². The third kappa shape index (κ3) is 36.0. The number of carbonyl (C=O) groups excluding carboxylic acids is 3. The molecule has 0 amide bonds. The predicted molar refractivity (Wildman–Crippen MR) is 228 cm³/mol. The van der Waals surface area contributed by atoms with Gasteiger partial charge in [0.1, 0.15) is 6.10 Å². The molecule has 0 spiro atoms. The average Bonchev–Trinajstić information content (AvgIpc) is 3.17. The second kappa shape index (κ2) is 41.0. The van der Waals surface area contributed by atoms with Crippen molar-refractivity contribution in [2.75, 3.05) is 19.8 Å². The molecule has 0 saturated heterocycles. The van der Waals surface area contributed by atoms with Crippen LogP contribution in [0.4, 0.5) is 0 Å². The lowest BCUT2D eigenvalue weighted by atomic mass is 10.0. The van der Waals surface area contributed by atoms with E-state index in [1.165, 1.54) is 116 Å². The third-order valence-corrected chi connectivity index (χ3v) is 11.5. The van der Waals surface area contributed by atoms with Gasteiger partial charge in [0.2, 0.25) is 0 Å². The summed E-state index contributed by atoms with van der Waals surface area (Å²) in [5.74, 6) is 0.906. The highest BCUT2D eigenvalue weighted by molar-refractivity contribution is 5.70. The molecule has 2 N–H and O–H groups in total. The van der Waals surface area contributed by atoms with E-state index in [4.69, 9.17) is 19.9 Å². The van der Waals surface area contributed by atoms with Gasteiger partial charge in [-0.1, -0.05) is 182 Å². The second-order valence-corrected chi connectivity index (χ2v) is 16.3. The van der Waals surface area contributed by atoms with Crippen molar-refractivity contribution < 1.29 is 28.6 Å². The summed E-state index contributed by atoms with van der Waals surface area (Å²) in [6.07, 6.45) is 38.2. The molecule has 54 heavy (non-hydrogen) atoms. The average molecular weight is 766 g/mol. The third-order valence-electron chi connectivity index (χ3n) is 11.5. The van der Waals surface area contributed by atoms with Crippen LogP contribution < -0.4 is 5.73 Å². The Hall–Kier alpha value is -1.63. The van der Waals surface area contributed by atoms with Crippen molar-refractivity contribution in [1.29, 1.82) is 0 Å². The van der Waals surface area contributed by atoms with Crippen LogP contribution in [0.15, 0.2) is 0 Å². The topological polar surface area (TPSA) is 105 Å². The number of carbonyl (C=O) groups is 3. The van der Waals surface area contributed by atoms with Crippen molar-refractivity contribution >= 4 is 17.9 Å². The van der Waals surface area contributed by atoms with Crippen molar-refractivity contribution in [2.24, 2.45) is 17.6 Å². The first-order valence-corrected chi connectivity index (χ1v) is 23.6. The summed E-state index contributed by atoms with van der Waals surface area (Å²) < 4.78 is 16.8. The predicted octanol–water partition coefficient (Wildman–Crippen LogP) is 13.5. The van der Waals surface area contributed by atoms with Gasteiger partial charge in [-0.05, 0) is 63.3 Å². The zero-order valence-electron chi connectivity index (χ0n) is 36.4. The van der Waals surface area contributed by atoms with E-state index in [1.54, 1.807) is 0 Å². The maximum Gasteiger partial charge on any atom is 0.306 e. The van der Waals surface area contributed by atoms with Gasteiger partial charge in [0, 0.05) is 19.3 Å². The molecule has 7 heteroatoms. The highest BCUT2D eigenvalue weighted by Crippen LogP contribution is 2.19. The first-order chi connectivity index (χ1) is 26.4. The first-order valence-electron chi connectivity index (χ1n) is 23.6. The number of esters is 3. The lowest BCUT2D eigenvalue weighted by Crippen LogP contribution is -2.19. The molecule has 0 heterocycles. The molecule has 0 aromatic carbocycles. The Bertz CT molecular complexity index is 771. The standard InChI is InChI=1S/C47H91NO6/c1-5-42(6-2)40-52-45(49)36-31-27-23-19-15-11-9-13-17-21-25-29-34-44(54-47(51)38-33-39-48)35-30-26-22-18-14-10-12-16-20-24-28-32-37-46(50)53-41-43(7-3)8-4/h42-44H,5-41,48H2,1-4H3. The van der Waals surface area contributed by atoms with Gasteiger partial charge in [0.05, 0.1) is 13.2 Å². The monoisotopic (exact) mass is 766 g/mol. The van der Waals surface area contributed by atoms with E-state index in [0.29, 0.717) is 57.3 Å². The van der Waals surface area contributed by atoms with Crippen molar-refractivity contribution in [3.8, 4) is 0 Å². The summed E-state index contributed by atoms with van der Waals surface area (Å²) in [6, 6.07) is 0. The number of unbranched alkanes of at least 4 members (excludes halogenated alkanes) is 22. The van der Waals surface area contributed by atoms with Crippen LogP contribution in [0, 0.1) is 11.8 Å². The summed E-state index contributed by atoms with van der Waals surface area (Å²) in [5, 5.41) is 0. The summed E-state index contributed by atoms with van der Waals surface area (Å²) in [4.78, 5) is 36.2. The SMILES string of the molecule is CCC(CC)COC(=O)CCCCCCCCCCCCCCC(CCCCCCCCCCCCCCC(=O)OCC(CC)CC)OC(=O)CCCN. The Morgan fingerprint density at radius 1 is 0.389 bits per heavy atom. The van der Waals surface area contributed by atoms with Crippen LogP contribution in [0.2, 0.25) is 0 Å². The normalized spacial score (nSPS) is 11.6. The van der Waals surface area contributed by atoms with Crippen molar-refractivity contribution in [2.45, 2.75) is 252 Å². The van der Waals surface area contributed by atoms with Gasteiger partial charge < -0.3 is 19.9 Å². The zero-order valence-corrected chi connectivity index (χ0v) is 36.4. The Balaban J connectivity index is 3.79. The van der Waals surface area contributed by atoms with Crippen LogP contribution in [0.5, 0.6) is 0 Å². The van der Waals surface area contributed by atoms with E-state index < -0.39 is 0 Å². The van der Waals surface area contributed by atoms with Gasteiger partial charge >= 0.3 is 17.9 Å². The Morgan fingerprint density at radius 2 is 0.667 bits per heavy atom. The van der Waals surface area contributed by atoms with E-state index in [-0.39, 0.29) is 24.0 Å². The number of hydrogen-bond acceptors (Lipinski definition) is 7. The van der Waals surface area contributed by atoms with Crippen molar-refractivity contribution in [3.05, 3.63) is 0 Å². The summed E-state index contributed by atoms with van der Waals surface area (Å²) in [6.45, 7) is 10.3. The van der Waals surface area contributed by atoms with Crippen LogP contribution in [-0.4, -0.2) is 43.8 Å². The lowest BCUT2D eigenvalue weighted by Gasteiger charge is -2.18. The van der Waals surface area contributed by atoms with Gasteiger partial charge in [-0.25, -0.2) is 0 Å². The Kier molecular flexibility index (Phi) is 39.8. The molecular weight excluding hydrogens is 675 g/mol. The summed E-state index contributed by atoms with van der Waals surface area (Å²) in [5.41, 5.74) is 5.61. The fraction of sp³-hybridized carbons (Fsp3) is 0.936.